The second-order valence-electron chi connectivity index (χ2n) is 6.13. The molecule has 0 radical (unpaired) electrons. The van der Waals surface area contributed by atoms with Crippen molar-refractivity contribution >= 4 is 11.9 Å². The highest BCUT2D eigenvalue weighted by Crippen LogP contribution is 2.12. The molecule has 0 heterocycles. The lowest BCUT2D eigenvalue weighted by molar-refractivity contribution is 0.0318. The van der Waals surface area contributed by atoms with Crippen molar-refractivity contribution in [2.75, 3.05) is 6.61 Å². The average molecular weight is 334 g/mol. The van der Waals surface area contributed by atoms with Gasteiger partial charge in [-0.25, -0.2) is 9.59 Å². The van der Waals surface area contributed by atoms with E-state index in [4.69, 9.17) is 9.47 Å². The van der Waals surface area contributed by atoms with Crippen LogP contribution in [0.4, 0.5) is 0 Å². The smallest absolute Gasteiger partial charge is 0.338 e. The Bertz CT molecular complexity index is 493. The van der Waals surface area contributed by atoms with E-state index in [-0.39, 0.29) is 18.0 Å². The van der Waals surface area contributed by atoms with Gasteiger partial charge >= 0.3 is 11.9 Å². The number of hydrogen-bond acceptors (Lipinski definition) is 4. The molecule has 1 aromatic carbocycles. The van der Waals surface area contributed by atoms with Crippen LogP contribution < -0.4 is 0 Å². The molecule has 4 nitrogen and oxygen atoms in total. The monoisotopic (exact) mass is 334 g/mol. The number of hydrogen-bond donors (Lipinski definition) is 0. The fraction of sp³-hybridized carbons (Fsp3) is 0.600. The number of esters is 2. The molecule has 24 heavy (non-hydrogen) atoms. The first kappa shape index (κ1) is 20.2. The van der Waals surface area contributed by atoms with Gasteiger partial charge in [0, 0.05) is 0 Å². The van der Waals surface area contributed by atoms with Gasteiger partial charge in [0.05, 0.1) is 23.8 Å². The first-order valence-corrected chi connectivity index (χ1v) is 9.06. The summed E-state index contributed by atoms with van der Waals surface area (Å²) >= 11 is 0. The molecule has 1 unspecified atom stereocenters. The van der Waals surface area contributed by atoms with Crippen LogP contribution in [-0.4, -0.2) is 24.6 Å². The van der Waals surface area contributed by atoms with E-state index in [2.05, 4.69) is 6.92 Å². The fourth-order valence-electron chi connectivity index (χ4n) is 2.30. The molecule has 0 aliphatic rings. The molecule has 0 saturated carbocycles. The quantitative estimate of drug-likeness (QED) is 0.414. The Morgan fingerprint density at radius 2 is 1.46 bits per heavy atom. The standard InChI is InChI=1S/C20H30O4/c1-4-6-8-9-10-16(3)24-20(22)18-13-11-17(12-14-18)19(21)23-15-7-5-2/h11-14,16H,4-10,15H2,1-3H3. The van der Waals surface area contributed by atoms with Gasteiger partial charge in [0.2, 0.25) is 0 Å². The van der Waals surface area contributed by atoms with Crippen molar-refractivity contribution in [1.29, 1.82) is 0 Å². The molecular weight excluding hydrogens is 304 g/mol. The predicted molar refractivity (Wildman–Crippen MR) is 95.3 cm³/mol. The topological polar surface area (TPSA) is 52.6 Å². The minimum atomic E-state index is -0.354. The second-order valence-corrected chi connectivity index (χ2v) is 6.13. The number of carbonyl (C=O) groups is 2. The van der Waals surface area contributed by atoms with Crippen LogP contribution in [0, 0.1) is 0 Å². The third-order valence-electron chi connectivity index (χ3n) is 3.86. The Kier molecular flexibility index (Phi) is 9.81. The highest BCUT2D eigenvalue weighted by molar-refractivity contribution is 5.93. The van der Waals surface area contributed by atoms with Gasteiger partial charge in [-0.1, -0.05) is 39.5 Å². The first-order chi connectivity index (χ1) is 11.6. The first-order valence-electron chi connectivity index (χ1n) is 9.06. The molecule has 0 aliphatic heterocycles. The van der Waals surface area contributed by atoms with Gasteiger partial charge in [-0.3, -0.25) is 0 Å². The zero-order chi connectivity index (χ0) is 17.8. The molecule has 0 fully saturated rings. The molecule has 4 heteroatoms. The summed E-state index contributed by atoms with van der Waals surface area (Å²) in [5.41, 5.74) is 0.913. The highest BCUT2D eigenvalue weighted by atomic mass is 16.5. The van der Waals surface area contributed by atoms with Crippen molar-refractivity contribution < 1.29 is 19.1 Å². The van der Waals surface area contributed by atoms with Crippen LogP contribution in [0.5, 0.6) is 0 Å². The highest BCUT2D eigenvalue weighted by Gasteiger charge is 2.13. The minimum Gasteiger partial charge on any atom is -0.462 e. The molecule has 0 aromatic heterocycles. The maximum atomic E-state index is 12.1. The summed E-state index contributed by atoms with van der Waals surface area (Å²) in [7, 11) is 0. The van der Waals surface area contributed by atoms with Gasteiger partial charge in [0.25, 0.3) is 0 Å². The average Bonchev–Trinajstić information content (AvgIpc) is 2.59. The van der Waals surface area contributed by atoms with Gasteiger partial charge in [0.1, 0.15) is 0 Å². The molecule has 1 rings (SSSR count). The zero-order valence-electron chi connectivity index (χ0n) is 15.2. The lowest BCUT2D eigenvalue weighted by Crippen LogP contribution is -2.15. The molecule has 0 saturated heterocycles. The van der Waals surface area contributed by atoms with Gasteiger partial charge in [-0.15, -0.1) is 0 Å². The lowest BCUT2D eigenvalue weighted by atomic mass is 10.1. The van der Waals surface area contributed by atoms with Gasteiger partial charge in [0.15, 0.2) is 0 Å². The van der Waals surface area contributed by atoms with Gasteiger partial charge < -0.3 is 9.47 Å². The summed E-state index contributed by atoms with van der Waals surface area (Å²) in [6, 6.07) is 6.44. The normalized spacial score (nSPS) is 11.8. The molecule has 0 aliphatic carbocycles. The van der Waals surface area contributed by atoms with Crippen molar-refractivity contribution in [2.45, 2.75) is 71.8 Å². The molecular formula is C20H30O4. The number of rotatable bonds is 11. The van der Waals surface area contributed by atoms with E-state index >= 15 is 0 Å². The molecule has 0 bridgehead atoms. The van der Waals surface area contributed by atoms with Crippen LogP contribution in [0.1, 0.15) is 86.4 Å². The van der Waals surface area contributed by atoms with Crippen LogP contribution in [0.25, 0.3) is 0 Å². The Morgan fingerprint density at radius 3 is 2.04 bits per heavy atom. The van der Waals surface area contributed by atoms with E-state index in [1.807, 2.05) is 13.8 Å². The summed E-state index contributed by atoms with van der Waals surface area (Å²) in [6.45, 7) is 6.56. The van der Waals surface area contributed by atoms with Crippen molar-refractivity contribution in [3.63, 3.8) is 0 Å². The molecule has 0 amide bonds. The van der Waals surface area contributed by atoms with Crippen LogP contribution in [0.2, 0.25) is 0 Å². The Hall–Kier alpha value is -1.84. The van der Waals surface area contributed by atoms with E-state index in [0.717, 1.165) is 25.7 Å². The Balaban J connectivity index is 2.44. The summed E-state index contributed by atoms with van der Waals surface area (Å²) in [5, 5.41) is 0. The zero-order valence-corrected chi connectivity index (χ0v) is 15.2. The summed E-state index contributed by atoms with van der Waals surface area (Å²) < 4.78 is 10.6. The minimum absolute atomic E-state index is 0.0898. The molecule has 134 valence electrons. The molecule has 0 spiro atoms. The third-order valence-corrected chi connectivity index (χ3v) is 3.86. The van der Waals surface area contributed by atoms with Crippen LogP contribution >= 0.6 is 0 Å². The molecule has 0 N–H and O–H groups in total. The van der Waals surface area contributed by atoms with Crippen molar-refractivity contribution in [2.24, 2.45) is 0 Å². The van der Waals surface area contributed by atoms with E-state index in [0.29, 0.717) is 17.7 Å². The summed E-state index contributed by atoms with van der Waals surface area (Å²) in [5.74, 6) is -0.698. The fourth-order valence-corrected chi connectivity index (χ4v) is 2.30. The molecule has 1 aromatic rings. The Morgan fingerprint density at radius 1 is 0.875 bits per heavy atom. The van der Waals surface area contributed by atoms with E-state index in [9.17, 15) is 9.59 Å². The second kappa shape index (κ2) is 11.7. The maximum absolute atomic E-state index is 12.1. The number of ether oxygens (including phenoxy) is 2. The number of unbranched alkanes of at least 4 members (excludes halogenated alkanes) is 4. The van der Waals surface area contributed by atoms with Gasteiger partial charge in [-0.05, 0) is 50.5 Å². The number of benzene rings is 1. The van der Waals surface area contributed by atoms with Crippen LogP contribution in [-0.2, 0) is 9.47 Å². The van der Waals surface area contributed by atoms with Gasteiger partial charge in [-0.2, -0.15) is 0 Å². The lowest BCUT2D eigenvalue weighted by Gasteiger charge is -2.13. The van der Waals surface area contributed by atoms with E-state index in [1.165, 1.54) is 19.3 Å². The van der Waals surface area contributed by atoms with E-state index in [1.54, 1.807) is 24.3 Å². The predicted octanol–water partition coefficient (Wildman–Crippen LogP) is 5.16. The summed E-state index contributed by atoms with van der Waals surface area (Å²) in [6.07, 6.45) is 7.29. The van der Waals surface area contributed by atoms with Crippen LogP contribution in [0.3, 0.4) is 0 Å². The molecule has 1 atom stereocenters. The SMILES string of the molecule is CCCCCCC(C)OC(=O)c1ccc(C(=O)OCCCC)cc1. The van der Waals surface area contributed by atoms with Crippen molar-refractivity contribution in [3.8, 4) is 0 Å². The van der Waals surface area contributed by atoms with E-state index < -0.39 is 0 Å². The van der Waals surface area contributed by atoms with Crippen LogP contribution in [0.15, 0.2) is 24.3 Å². The summed E-state index contributed by atoms with van der Waals surface area (Å²) in [4.78, 5) is 23.9. The van der Waals surface area contributed by atoms with Crippen molar-refractivity contribution in [1.82, 2.24) is 0 Å². The maximum Gasteiger partial charge on any atom is 0.338 e. The number of carbonyl (C=O) groups excluding carboxylic acids is 2. The third kappa shape index (κ3) is 7.62. The largest absolute Gasteiger partial charge is 0.462 e. The van der Waals surface area contributed by atoms with Crippen molar-refractivity contribution in [3.05, 3.63) is 35.4 Å². The Labute approximate surface area is 145 Å².